The minimum atomic E-state index is -0.0308. The number of hydrogen-bond donors (Lipinski definition) is 1. The summed E-state index contributed by atoms with van der Waals surface area (Å²) in [6, 6.07) is 17.3. The number of nitrogens with zero attached hydrogens (tertiary/aromatic N) is 3. The molecule has 2 aromatic carbocycles. The lowest BCUT2D eigenvalue weighted by atomic mass is 10.2. The average molecular weight is 421 g/mol. The molecule has 0 radical (unpaired) electrons. The maximum Gasteiger partial charge on any atom is 0.220 e. The zero-order chi connectivity index (χ0) is 20.8. The van der Waals surface area contributed by atoms with E-state index in [1.807, 2.05) is 59.5 Å². The summed E-state index contributed by atoms with van der Waals surface area (Å²) >= 11 is 5.90. The molecule has 6 nitrogen and oxygen atoms in total. The van der Waals surface area contributed by atoms with Crippen LogP contribution in [-0.4, -0.2) is 27.2 Å². The second kappa shape index (κ2) is 9.41. The van der Waals surface area contributed by atoms with Gasteiger partial charge < -0.3 is 9.73 Å². The van der Waals surface area contributed by atoms with E-state index in [1.165, 1.54) is 0 Å². The van der Waals surface area contributed by atoms with Crippen molar-refractivity contribution in [1.29, 1.82) is 0 Å². The number of carbonyl (C=O) groups is 1. The number of carbonyl (C=O) groups excluding carboxylic acids is 1. The van der Waals surface area contributed by atoms with Gasteiger partial charge in [-0.05, 0) is 48.4 Å². The molecule has 0 spiro atoms. The first-order valence-corrected chi connectivity index (χ1v) is 10.1. The summed E-state index contributed by atoms with van der Waals surface area (Å²) in [5, 5.41) is 7.97. The second-order valence-corrected chi connectivity index (χ2v) is 7.29. The number of para-hydroxylation sites is 1. The number of nitrogens with one attached hydrogen (secondary N) is 1. The second-order valence-electron chi connectivity index (χ2n) is 6.85. The molecular formula is C23H21ClN4O2. The SMILES string of the molecule is O=C(CCc1ncc(-c2ccc(Cl)cc2)o1)NCCc1cnn(-c2ccccc2)c1. The summed E-state index contributed by atoms with van der Waals surface area (Å²) < 4.78 is 7.56. The topological polar surface area (TPSA) is 73.0 Å². The monoisotopic (exact) mass is 420 g/mol. The normalized spacial score (nSPS) is 10.8. The van der Waals surface area contributed by atoms with Gasteiger partial charge in [-0.1, -0.05) is 29.8 Å². The van der Waals surface area contributed by atoms with E-state index in [0.717, 1.165) is 23.2 Å². The zero-order valence-electron chi connectivity index (χ0n) is 16.3. The van der Waals surface area contributed by atoms with Crippen molar-refractivity contribution in [3.8, 4) is 17.0 Å². The first-order valence-electron chi connectivity index (χ1n) is 9.74. The molecule has 0 saturated heterocycles. The van der Waals surface area contributed by atoms with Crippen LogP contribution in [0, 0.1) is 0 Å². The Kier molecular flexibility index (Phi) is 6.25. The number of oxazole rings is 1. The molecule has 4 rings (SSSR count). The molecule has 2 heterocycles. The molecule has 0 aliphatic heterocycles. The van der Waals surface area contributed by atoms with E-state index in [4.69, 9.17) is 16.0 Å². The Balaban J connectivity index is 1.21. The van der Waals surface area contributed by atoms with Crippen LogP contribution < -0.4 is 5.32 Å². The van der Waals surface area contributed by atoms with E-state index in [2.05, 4.69) is 15.4 Å². The highest BCUT2D eigenvalue weighted by Gasteiger charge is 2.09. The molecule has 0 aliphatic rings. The molecule has 2 aromatic heterocycles. The molecule has 0 unspecified atom stereocenters. The standard InChI is InChI=1S/C23H21ClN4O2/c24-19-8-6-18(7-9-19)21-15-26-23(30-21)11-10-22(29)25-13-12-17-14-27-28(16-17)20-4-2-1-3-5-20/h1-9,14-16H,10-13H2,(H,25,29). The summed E-state index contributed by atoms with van der Waals surface area (Å²) in [5.41, 5.74) is 2.98. The summed E-state index contributed by atoms with van der Waals surface area (Å²) in [6.07, 6.45) is 6.96. The van der Waals surface area contributed by atoms with Gasteiger partial charge in [-0.25, -0.2) is 9.67 Å². The molecule has 0 fully saturated rings. The van der Waals surface area contributed by atoms with Gasteiger partial charge in [-0.15, -0.1) is 0 Å². The van der Waals surface area contributed by atoms with Gasteiger partial charge in [0.1, 0.15) is 0 Å². The average Bonchev–Trinajstić information content (AvgIpc) is 3.43. The van der Waals surface area contributed by atoms with Crippen LogP contribution in [0.4, 0.5) is 0 Å². The Hall–Kier alpha value is -3.38. The number of amides is 1. The molecule has 0 saturated carbocycles. The van der Waals surface area contributed by atoms with Crippen molar-refractivity contribution in [3.05, 3.63) is 89.7 Å². The number of aryl methyl sites for hydroxylation is 1. The first kappa shape index (κ1) is 19.9. The highest BCUT2D eigenvalue weighted by molar-refractivity contribution is 6.30. The summed E-state index contributed by atoms with van der Waals surface area (Å²) in [4.78, 5) is 16.4. The first-order chi connectivity index (χ1) is 14.7. The van der Waals surface area contributed by atoms with Crippen LogP contribution in [-0.2, 0) is 17.6 Å². The Morgan fingerprint density at radius 1 is 1.03 bits per heavy atom. The van der Waals surface area contributed by atoms with Crippen LogP contribution in [0.2, 0.25) is 5.02 Å². The van der Waals surface area contributed by atoms with Crippen molar-refractivity contribution in [2.75, 3.05) is 6.54 Å². The minimum Gasteiger partial charge on any atom is -0.441 e. The van der Waals surface area contributed by atoms with Crippen LogP contribution in [0.1, 0.15) is 17.9 Å². The number of aromatic nitrogens is 3. The number of hydrogen-bond acceptors (Lipinski definition) is 4. The van der Waals surface area contributed by atoms with Gasteiger partial charge in [0.2, 0.25) is 5.91 Å². The quantitative estimate of drug-likeness (QED) is 0.456. The van der Waals surface area contributed by atoms with Gasteiger partial charge in [-0.2, -0.15) is 5.10 Å². The maximum atomic E-state index is 12.1. The van der Waals surface area contributed by atoms with E-state index in [1.54, 1.807) is 18.3 Å². The fourth-order valence-electron chi connectivity index (χ4n) is 3.04. The molecule has 4 aromatic rings. The fraction of sp³-hybridized carbons (Fsp3) is 0.174. The van der Waals surface area contributed by atoms with E-state index < -0.39 is 0 Å². The van der Waals surface area contributed by atoms with E-state index in [-0.39, 0.29) is 5.91 Å². The number of rotatable bonds is 8. The third-order valence-corrected chi connectivity index (χ3v) is 4.89. The number of benzene rings is 2. The van der Waals surface area contributed by atoms with Crippen molar-refractivity contribution >= 4 is 17.5 Å². The van der Waals surface area contributed by atoms with Crippen molar-refractivity contribution in [1.82, 2.24) is 20.1 Å². The van der Waals surface area contributed by atoms with Gasteiger partial charge in [0.25, 0.3) is 0 Å². The van der Waals surface area contributed by atoms with Crippen molar-refractivity contribution in [3.63, 3.8) is 0 Å². The van der Waals surface area contributed by atoms with Gasteiger partial charge in [-0.3, -0.25) is 4.79 Å². The predicted molar refractivity (Wildman–Crippen MR) is 116 cm³/mol. The lowest BCUT2D eigenvalue weighted by molar-refractivity contribution is -0.121. The number of halogens is 1. The van der Waals surface area contributed by atoms with Gasteiger partial charge in [0.05, 0.1) is 18.1 Å². The van der Waals surface area contributed by atoms with E-state index in [0.29, 0.717) is 36.1 Å². The Morgan fingerprint density at radius 3 is 2.63 bits per heavy atom. The Bertz CT molecular complexity index is 1100. The smallest absolute Gasteiger partial charge is 0.220 e. The summed E-state index contributed by atoms with van der Waals surface area (Å²) in [6.45, 7) is 0.556. The zero-order valence-corrected chi connectivity index (χ0v) is 17.0. The largest absolute Gasteiger partial charge is 0.441 e. The molecule has 152 valence electrons. The molecule has 1 amide bonds. The van der Waals surface area contributed by atoms with Gasteiger partial charge in [0.15, 0.2) is 11.7 Å². The highest BCUT2D eigenvalue weighted by Crippen LogP contribution is 2.22. The minimum absolute atomic E-state index is 0.0308. The fourth-order valence-corrected chi connectivity index (χ4v) is 3.17. The third kappa shape index (κ3) is 5.15. The Labute approximate surface area is 179 Å². The third-order valence-electron chi connectivity index (χ3n) is 4.64. The maximum absolute atomic E-state index is 12.1. The van der Waals surface area contributed by atoms with Crippen molar-refractivity contribution in [2.24, 2.45) is 0 Å². The molecule has 0 atom stereocenters. The van der Waals surface area contributed by atoms with E-state index in [9.17, 15) is 4.79 Å². The van der Waals surface area contributed by atoms with Crippen molar-refractivity contribution < 1.29 is 9.21 Å². The molecule has 7 heteroatoms. The Morgan fingerprint density at radius 2 is 1.83 bits per heavy atom. The van der Waals surface area contributed by atoms with Gasteiger partial charge in [0, 0.05) is 36.2 Å². The van der Waals surface area contributed by atoms with Crippen LogP contribution >= 0.6 is 11.6 Å². The van der Waals surface area contributed by atoms with Crippen LogP contribution in [0.5, 0.6) is 0 Å². The van der Waals surface area contributed by atoms with Gasteiger partial charge >= 0.3 is 0 Å². The predicted octanol–water partition coefficient (Wildman–Crippen LogP) is 4.47. The molecule has 0 aliphatic carbocycles. The molecule has 1 N–H and O–H groups in total. The lowest BCUT2D eigenvalue weighted by Crippen LogP contribution is -2.25. The molecular weight excluding hydrogens is 400 g/mol. The summed E-state index contributed by atoms with van der Waals surface area (Å²) in [7, 11) is 0. The van der Waals surface area contributed by atoms with Crippen LogP contribution in [0.3, 0.4) is 0 Å². The molecule has 0 bridgehead atoms. The lowest BCUT2D eigenvalue weighted by Gasteiger charge is -2.03. The highest BCUT2D eigenvalue weighted by atomic mass is 35.5. The van der Waals surface area contributed by atoms with Crippen molar-refractivity contribution in [2.45, 2.75) is 19.3 Å². The molecule has 30 heavy (non-hydrogen) atoms. The van der Waals surface area contributed by atoms with Crippen LogP contribution in [0.15, 0.2) is 77.6 Å². The van der Waals surface area contributed by atoms with E-state index >= 15 is 0 Å². The summed E-state index contributed by atoms with van der Waals surface area (Å²) in [5.74, 6) is 1.17. The van der Waals surface area contributed by atoms with Crippen LogP contribution in [0.25, 0.3) is 17.0 Å².